The van der Waals surface area contributed by atoms with Gasteiger partial charge in [-0.1, -0.05) is 0 Å². The summed E-state index contributed by atoms with van der Waals surface area (Å²) in [6, 6.07) is -0.545. The van der Waals surface area contributed by atoms with Gasteiger partial charge in [-0.15, -0.1) is 0 Å². The Morgan fingerprint density at radius 3 is 2.07 bits per heavy atom. The average Bonchev–Trinajstić information content (AvgIpc) is 1.97. The first kappa shape index (κ1) is 12.7. The lowest BCUT2D eigenvalue weighted by Gasteiger charge is -2.28. The van der Waals surface area contributed by atoms with Crippen LogP contribution in [0.25, 0.3) is 0 Å². The molecule has 0 aromatic rings. The Bertz CT molecular complexity index is 214. The highest BCUT2D eigenvalue weighted by molar-refractivity contribution is 5.79. The molecule has 82 valence electrons. The van der Waals surface area contributed by atoms with Crippen LogP contribution in [-0.2, 0) is 4.79 Å². The largest absolute Gasteiger partial charge is 0.548 e. The van der Waals surface area contributed by atoms with Crippen LogP contribution in [0.2, 0.25) is 0 Å². The zero-order valence-electron chi connectivity index (χ0n) is 9.03. The summed E-state index contributed by atoms with van der Waals surface area (Å²) in [6.07, 6.45) is 0. The highest BCUT2D eigenvalue weighted by Gasteiger charge is 2.17. The van der Waals surface area contributed by atoms with Crippen molar-refractivity contribution in [2.24, 2.45) is 0 Å². The number of aliphatic carboxylic acids is 1. The topological polar surface area (TPSA) is 72.5 Å². The number of hydrogen-bond acceptors (Lipinski definition) is 3. The van der Waals surface area contributed by atoms with E-state index in [1.165, 1.54) is 4.90 Å². The number of carbonyl (C=O) groups excluding carboxylic acids is 2. The molecule has 0 aliphatic rings. The minimum Gasteiger partial charge on any atom is -0.548 e. The van der Waals surface area contributed by atoms with Gasteiger partial charge in [0.2, 0.25) is 0 Å². The van der Waals surface area contributed by atoms with Crippen LogP contribution in [0.5, 0.6) is 0 Å². The fraction of sp³-hybridized carbons (Fsp3) is 0.778. The molecule has 5 heteroatoms. The molecule has 5 nitrogen and oxygen atoms in total. The fourth-order valence-corrected chi connectivity index (χ4v) is 0.958. The third-order valence-electron chi connectivity index (χ3n) is 1.60. The summed E-state index contributed by atoms with van der Waals surface area (Å²) in [4.78, 5) is 23.0. The smallest absolute Gasteiger partial charge is 0.318 e. The van der Waals surface area contributed by atoms with Crippen LogP contribution >= 0.6 is 0 Å². The minimum atomic E-state index is -1.25. The number of amides is 2. The summed E-state index contributed by atoms with van der Waals surface area (Å²) in [7, 11) is 0. The van der Waals surface area contributed by atoms with Gasteiger partial charge in [0.1, 0.15) is 0 Å². The molecule has 0 heterocycles. The minimum absolute atomic E-state index is 0.00879. The third kappa shape index (κ3) is 4.69. The molecule has 0 bridgehead atoms. The Hall–Kier alpha value is -1.26. The lowest BCUT2D eigenvalue weighted by Crippen LogP contribution is -2.50. The Morgan fingerprint density at radius 1 is 1.29 bits per heavy atom. The molecule has 0 rings (SSSR count). The monoisotopic (exact) mass is 201 g/mol. The summed E-state index contributed by atoms with van der Waals surface area (Å²) < 4.78 is 0. The van der Waals surface area contributed by atoms with Crippen molar-refractivity contribution >= 4 is 12.0 Å². The number of nitrogens with one attached hydrogen (secondary N) is 1. The van der Waals surface area contributed by atoms with Crippen LogP contribution in [-0.4, -0.2) is 35.5 Å². The number of carboxylic acid groups (broad SMARTS) is 1. The van der Waals surface area contributed by atoms with E-state index in [4.69, 9.17) is 0 Å². The predicted molar refractivity (Wildman–Crippen MR) is 50.5 cm³/mol. The number of hydrogen-bond donors (Lipinski definition) is 1. The summed E-state index contributed by atoms with van der Waals surface area (Å²) >= 11 is 0. The van der Waals surface area contributed by atoms with Gasteiger partial charge < -0.3 is 20.1 Å². The van der Waals surface area contributed by atoms with Crippen LogP contribution < -0.4 is 10.4 Å². The van der Waals surface area contributed by atoms with Gasteiger partial charge in [-0.05, 0) is 27.7 Å². The predicted octanol–water partition coefficient (Wildman–Crippen LogP) is -0.435. The maximum absolute atomic E-state index is 11.5. The normalized spacial score (nSPS) is 10.4. The van der Waals surface area contributed by atoms with E-state index in [0.29, 0.717) is 0 Å². The van der Waals surface area contributed by atoms with Crippen molar-refractivity contribution in [2.75, 3.05) is 6.54 Å². The van der Waals surface area contributed by atoms with Crippen molar-refractivity contribution < 1.29 is 14.7 Å². The molecule has 0 aromatic carbocycles. The van der Waals surface area contributed by atoms with Gasteiger partial charge in [0, 0.05) is 12.1 Å². The molecular formula is C9H17N2O3-. The zero-order chi connectivity index (χ0) is 11.3. The number of nitrogens with zero attached hydrogens (tertiary/aromatic N) is 1. The quantitative estimate of drug-likeness (QED) is 0.670. The first-order chi connectivity index (χ1) is 6.34. The molecule has 0 unspecified atom stereocenters. The van der Waals surface area contributed by atoms with Crippen molar-refractivity contribution in [3.63, 3.8) is 0 Å². The molecule has 0 aromatic heterocycles. The Morgan fingerprint density at radius 2 is 1.79 bits per heavy atom. The van der Waals surface area contributed by atoms with Crippen LogP contribution in [0, 0.1) is 0 Å². The second-order valence-corrected chi connectivity index (χ2v) is 3.70. The van der Waals surface area contributed by atoms with Crippen molar-refractivity contribution in [1.29, 1.82) is 0 Å². The summed E-state index contributed by atoms with van der Waals surface area (Å²) in [5.74, 6) is -1.25. The highest BCUT2D eigenvalue weighted by Crippen LogP contribution is 1.98. The number of rotatable bonds is 4. The Balaban J connectivity index is 4.33. The van der Waals surface area contributed by atoms with Crippen LogP contribution in [0.1, 0.15) is 27.7 Å². The molecule has 0 radical (unpaired) electrons. The van der Waals surface area contributed by atoms with Gasteiger partial charge in [0.05, 0.1) is 12.5 Å². The number of urea groups is 1. The van der Waals surface area contributed by atoms with E-state index < -0.39 is 5.97 Å². The standard InChI is InChI=1S/C9H18N2O3/c1-6(2)10-9(14)11(7(3)4)5-8(12)13/h6-7H,5H2,1-4H3,(H,10,14)(H,12,13)/p-1. The summed E-state index contributed by atoms with van der Waals surface area (Å²) in [6.45, 7) is 6.76. The molecule has 14 heavy (non-hydrogen) atoms. The molecule has 0 spiro atoms. The first-order valence-electron chi connectivity index (χ1n) is 4.61. The molecular weight excluding hydrogens is 184 g/mol. The fourth-order valence-electron chi connectivity index (χ4n) is 0.958. The lowest BCUT2D eigenvalue weighted by atomic mass is 10.3. The van der Waals surface area contributed by atoms with Crippen molar-refractivity contribution in [1.82, 2.24) is 10.2 Å². The summed E-state index contributed by atoms with van der Waals surface area (Å²) in [5, 5.41) is 13.0. The van der Waals surface area contributed by atoms with Crippen molar-refractivity contribution in [3.8, 4) is 0 Å². The van der Waals surface area contributed by atoms with Crippen LogP contribution in [0.3, 0.4) is 0 Å². The van der Waals surface area contributed by atoms with Crippen molar-refractivity contribution in [3.05, 3.63) is 0 Å². The molecule has 0 saturated heterocycles. The lowest BCUT2D eigenvalue weighted by molar-refractivity contribution is -0.306. The van der Waals surface area contributed by atoms with Gasteiger partial charge in [-0.25, -0.2) is 4.79 Å². The third-order valence-corrected chi connectivity index (χ3v) is 1.60. The Kier molecular flexibility index (Phi) is 4.97. The Labute approximate surface area is 84.1 Å². The molecule has 0 aliphatic carbocycles. The van der Waals surface area contributed by atoms with E-state index in [2.05, 4.69) is 5.32 Å². The number of carboxylic acids is 1. The van der Waals surface area contributed by atoms with Gasteiger partial charge in [0.15, 0.2) is 0 Å². The molecule has 0 fully saturated rings. The van der Waals surface area contributed by atoms with E-state index in [1.807, 2.05) is 13.8 Å². The van der Waals surface area contributed by atoms with E-state index in [9.17, 15) is 14.7 Å². The SMILES string of the molecule is CC(C)NC(=O)N(CC(=O)[O-])C(C)C. The number of carbonyl (C=O) groups is 2. The van der Waals surface area contributed by atoms with Gasteiger partial charge >= 0.3 is 6.03 Å². The maximum atomic E-state index is 11.5. The maximum Gasteiger partial charge on any atom is 0.318 e. The van der Waals surface area contributed by atoms with E-state index in [-0.39, 0.29) is 24.7 Å². The van der Waals surface area contributed by atoms with Crippen molar-refractivity contribution in [2.45, 2.75) is 39.8 Å². The molecule has 1 N–H and O–H groups in total. The van der Waals surface area contributed by atoms with E-state index in [0.717, 1.165) is 0 Å². The van der Waals surface area contributed by atoms with Gasteiger partial charge in [-0.3, -0.25) is 0 Å². The van der Waals surface area contributed by atoms with Gasteiger partial charge in [0.25, 0.3) is 0 Å². The van der Waals surface area contributed by atoms with Crippen LogP contribution in [0.15, 0.2) is 0 Å². The summed E-state index contributed by atoms with van der Waals surface area (Å²) in [5.41, 5.74) is 0. The zero-order valence-corrected chi connectivity index (χ0v) is 9.03. The second-order valence-electron chi connectivity index (χ2n) is 3.70. The average molecular weight is 201 g/mol. The molecule has 0 aliphatic heterocycles. The van der Waals surface area contributed by atoms with Gasteiger partial charge in [-0.2, -0.15) is 0 Å². The van der Waals surface area contributed by atoms with E-state index in [1.54, 1.807) is 13.8 Å². The molecule has 0 atom stereocenters. The molecule has 0 saturated carbocycles. The highest BCUT2D eigenvalue weighted by atomic mass is 16.4. The van der Waals surface area contributed by atoms with E-state index >= 15 is 0 Å². The first-order valence-corrected chi connectivity index (χ1v) is 4.61. The van der Waals surface area contributed by atoms with Crippen LogP contribution in [0.4, 0.5) is 4.79 Å². The second kappa shape index (κ2) is 5.47. The molecule has 2 amide bonds.